The zero-order valence-corrected chi connectivity index (χ0v) is 18.7. The zero-order chi connectivity index (χ0) is 21.7. The molecule has 0 spiro atoms. The van der Waals surface area contributed by atoms with Gasteiger partial charge in [-0.25, -0.2) is 0 Å². The molecule has 0 aliphatic carbocycles. The van der Waals surface area contributed by atoms with Crippen molar-refractivity contribution in [1.29, 1.82) is 0 Å². The third-order valence-electron chi connectivity index (χ3n) is 5.49. The zero-order valence-electron chi connectivity index (χ0n) is 16.4. The number of rotatable bonds is 3. The van der Waals surface area contributed by atoms with E-state index < -0.39 is 5.41 Å². The molecule has 0 aromatic heterocycles. The van der Waals surface area contributed by atoms with E-state index in [9.17, 15) is 15.3 Å². The highest BCUT2D eigenvalue weighted by Gasteiger charge is 2.34. The first-order chi connectivity index (χ1) is 13.5. The van der Waals surface area contributed by atoms with Gasteiger partial charge in [-0.05, 0) is 79.3 Å². The Labute approximate surface area is 185 Å². The number of benzene rings is 3. The largest absolute Gasteiger partial charge is 0.506 e. The lowest BCUT2D eigenvalue weighted by Crippen LogP contribution is -2.26. The molecule has 0 saturated carbocycles. The molecule has 3 nitrogen and oxygen atoms in total. The van der Waals surface area contributed by atoms with Gasteiger partial charge in [0.15, 0.2) is 0 Å². The van der Waals surface area contributed by atoms with Crippen LogP contribution < -0.4 is 0 Å². The first-order valence-corrected chi connectivity index (χ1v) is 10.1. The second-order valence-corrected chi connectivity index (χ2v) is 8.72. The first-order valence-electron chi connectivity index (χ1n) is 8.95. The van der Waals surface area contributed by atoms with Gasteiger partial charge in [-0.3, -0.25) is 0 Å². The summed E-state index contributed by atoms with van der Waals surface area (Å²) in [6.07, 6.45) is 0. The molecule has 152 valence electrons. The predicted octanol–water partition coefficient (Wildman–Crippen LogP) is 7.04. The lowest BCUT2D eigenvalue weighted by molar-refractivity contribution is 0.470. The van der Waals surface area contributed by atoms with Gasteiger partial charge < -0.3 is 15.3 Å². The Kier molecular flexibility index (Phi) is 5.70. The van der Waals surface area contributed by atoms with Crippen molar-refractivity contribution in [2.24, 2.45) is 0 Å². The average Bonchev–Trinajstić information content (AvgIpc) is 2.66. The standard InChI is InChI=1S/C23H21Cl3O3/c1-11-5-14(8-17(24)20(11)27)23(4,15-6-12(2)21(28)18(25)9-15)16-7-13(3)22(29)19(26)10-16/h5-10,27-29H,1-4H3. The summed E-state index contributed by atoms with van der Waals surface area (Å²) in [6.45, 7) is 7.30. The van der Waals surface area contributed by atoms with E-state index in [1.165, 1.54) is 0 Å². The smallest absolute Gasteiger partial charge is 0.137 e. The van der Waals surface area contributed by atoms with Crippen LogP contribution in [0.5, 0.6) is 17.2 Å². The maximum absolute atomic E-state index is 10.1. The number of aromatic hydroxyl groups is 3. The van der Waals surface area contributed by atoms with Crippen molar-refractivity contribution >= 4 is 34.8 Å². The van der Waals surface area contributed by atoms with Crippen molar-refractivity contribution in [1.82, 2.24) is 0 Å². The fraction of sp³-hybridized carbons (Fsp3) is 0.217. The summed E-state index contributed by atoms with van der Waals surface area (Å²) < 4.78 is 0. The number of halogens is 3. The van der Waals surface area contributed by atoms with Crippen molar-refractivity contribution in [2.75, 3.05) is 0 Å². The molecule has 0 saturated heterocycles. The highest BCUT2D eigenvalue weighted by atomic mass is 35.5. The minimum absolute atomic E-state index is 0.0256. The van der Waals surface area contributed by atoms with Gasteiger partial charge in [-0.15, -0.1) is 0 Å². The van der Waals surface area contributed by atoms with Gasteiger partial charge in [0.25, 0.3) is 0 Å². The van der Waals surface area contributed by atoms with Gasteiger partial charge in [0, 0.05) is 5.41 Å². The molecule has 0 aliphatic heterocycles. The number of aryl methyl sites for hydroxylation is 3. The average molecular weight is 452 g/mol. The molecular weight excluding hydrogens is 431 g/mol. The highest BCUT2D eigenvalue weighted by Crippen LogP contribution is 2.46. The Hall–Kier alpha value is -2.07. The van der Waals surface area contributed by atoms with Gasteiger partial charge >= 0.3 is 0 Å². The lowest BCUT2D eigenvalue weighted by atomic mass is 9.70. The fourth-order valence-corrected chi connectivity index (χ4v) is 4.38. The normalized spacial score (nSPS) is 11.7. The van der Waals surface area contributed by atoms with Crippen molar-refractivity contribution in [3.8, 4) is 17.2 Å². The fourth-order valence-electron chi connectivity index (χ4n) is 3.58. The van der Waals surface area contributed by atoms with Crippen LogP contribution >= 0.6 is 34.8 Å². The molecule has 0 amide bonds. The van der Waals surface area contributed by atoms with Crippen molar-refractivity contribution in [2.45, 2.75) is 33.1 Å². The monoisotopic (exact) mass is 450 g/mol. The van der Waals surface area contributed by atoms with Gasteiger partial charge in [-0.1, -0.05) is 53.0 Å². The highest BCUT2D eigenvalue weighted by molar-refractivity contribution is 6.33. The molecule has 0 aliphatic rings. The van der Waals surface area contributed by atoms with E-state index in [1.54, 1.807) is 39.0 Å². The molecule has 3 N–H and O–H groups in total. The maximum atomic E-state index is 10.1. The predicted molar refractivity (Wildman–Crippen MR) is 119 cm³/mol. The molecule has 0 heterocycles. The Morgan fingerprint density at radius 2 is 0.793 bits per heavy atom. The summed E-state index contributed by atoms with van der Waals surface area (Å²) in [5.41, 5.74) is 3.51. The summed E-state index contributed by atoms with van der Waals surface area (Å²) in [5.74, 6) is 0.0767. The summed E-state index contributed by atoms with van der Waals surface area (Å²) in [6, 6.07) is 10.7. The third-order valence-corrected chi connectivity index (χ3v) is 6.36. The molecule has 0 bridgehead atoms. The molecule has 0 radical (unpaired) electrons. The van der Waals surface area contributed by atoms with E-state index in [1.807, 2.05) is 25.1 Å². The van der Waals surface area contributed by atoms with Crippen molar-refractivity contribution < 1.29 is 15.3 Å². The summed E-state index contributed by atoms with van der Waals surface area (Å²) >= 11 is 18.9. The van der Waals surface area contributed by atoms with Crippen LogP contribution in [-0.4, -0.2) is 15.3 Å². The Balaban J connectivity index is 2.42. The molecule has 6 heteroatoms. The molecule has 3 aromatic carbocycles. The van der Waals surface area contributed by atoms with Crippen molar-refractivity contribution in [3.05, 3.63) is 84.8 Å². The molecule has 0 fully saturated rings. The Bertz CT molecular complexity index is 914. The molecule has 3 rings (SSSR count). The van der Waals surface area contributed by atoms with Crippen LogP contribution in [0.1, 0.15) is 40.3 Å². The first kappa shape index (κ1) is 21.6. The summed E-state index contributed by atoms with van der Waals surface area (Å²) in [5, 5.41) is 31.1. The van der Waals surface area contributed by atoms with Crippen LogP contribution in [0.4, 0.5) is 0 Å². The molecule has 0 unspecified atom stereocenters. The van der Waals surface area contributed by atoms with E-state index in [0.29, 0.717) is 16.7 Å². The van der Waals surface area contributed by atoms with Crippen LogP contribution in [0.25, 0.3) is 0 Å². The Morgan fingerprint density at radius 3 is 1.00 bits per heavy atom. The maximum Gasteiger partial charge on any atom is 0.137 e. The Morgan fingerprint density at radius 1 is 0.552 bits per heavy atom. The second kappa shape index (κ2) is 7.64. The van der Waals surface area contributed by atoms with Crippen molar-refractivity contribution in [3.63, 3.8) is 0 Å². The summed E-state index contributed by atoms with van der Waals surface area (Å²) in [4.78, 5) is 0. The molecular formula is C23H21Cl3O3. The molecule has 29 heavy (non-hydrogen) atoms. The van der Waals surface area contributed by atoms with Crippen LogP contribution in [-0.2, 0) is 5.41 Å². The van der Waals surface area contributed by atoms with E-state index in [0.717, 1.165) is 16.7 Å². The van der Waals surface area contributed by atoms with Crippen LogP contribution in [0.2, 0.25) is 15.1 Å². The number of hydrogen-bond acceptors (Lipinski definition) is 3. The van der Waals surface area contributed by atoms with E-state index in [4.69, 9.17) is 34.8 Å². The number of phenolic OH excluding ortho intramolecular Hbond substituents is 3. The number of phenols is 3. The van der Waals surface area contributed by atoms with Crippen LogP contribution in [0.3, 0.4) is 0 Å². The van der Waals surface area contributed by atoms with Crippen LogP contribution in [0.15, 0.2) is 36.4 Å². The topological polar surface area (TPSA) is 60.7 Å². The lowest BCUT2D eigenvalue weighted by Gasteiger charge is -2.33. The van der Waals surface area contributed by atoms with Crippen LogP contribution in [0, 0.1) is 20.8 Å². The van der Waals surface area contributed by atoms with Gasteiger partial charge in [-0.2, -0.15) is 0 Å². The quantitative estimate of drug-likeness (QED) is 0.374. The molecule has 0 atom stereocenters. The molecule has 3 aromatic rings. The minimum atomic E-state index is -0.785. The summed E-state index contributed by atoms with van der Waals surface area (Å²) in [7, 11) is 0. The van der Waals surface area contributed by atoms with Gasteiger partial charge in [0.2, 0.25) is 0 Å². The van der Waals surface area contributed by atoms with Gasteiger partial charge in [0.1, 0.15) is 17.2 Å². The second-order valence-electron chi connectivity index (χ2n) is 7.50. The van der Waals surface area contributed by atoms with E-state index in [2.05, 4.69) is 0 Å². The minimum Gasteiger partial charge on any atom is -0.506 e. The SMILES string of the molecule is Cc1cc(C(C)(c2cc(C)c(O)c(Cl)c2)c2cc(C)c(O)c(Cl)c2)cc(Cl)c1O. The van der Waals surface area contributed by atoms with E-state index >= 15 is 0 Å². The van der Waals surface area contributed by atoms with Gasteiger partial charge in [0.05, 0.1) is 15.1 Å². The number of hydrogen-bond donors (Lipinski definition) is 3. The van der Waals surface area contributed by atoms with E-state index in [-0.39, 0.29) is 32.3 Å². The third kappa shape index (κ3) is 3.63.